The maximum absolute atomic E-state index is 12.3. The van der Waals surface area contributed by atoms with E-state index in [1.165, 1.54) is 6.26 Å². The van der Waals surface area contributed by atoms with Crippen LogP contribution < -0.4 is 5.32 Å². The molecule has 2 aromatic carbocycles. The molecule has 0 fully saturated rings. The third kappa shape index (κ3) is 3.43. The summed E-state index contributed by atoms with van der Waals surface area (Å²) in [4.78, 5) is 25.6. The number of amides is 1. The zero-order valence-electron chi connectivity index (χ0n) is 15.4. The lowest BCUT2D eigenvalue weighted by Gasteiger charge is -2.03. The Balaban J connectivity index is 1.39. The van der Waals surface area contributed by atoms with Gasteiger partial charge in [0.15, 0.2) is 5.69 Å². The van der Waals surface area contributed by atoms with Gasteiger partial charge in [0.2, 0.25) is 5.89 Å². The van der Waals surface area contributed by atoms with Crippen molar-refractivity contribution < 1.29 is 9.21 Å². The van der Waals surface area contributed by atoms with Crippen LogP contribution in [0, 0.1) is 0 Å². The number of carbonyl (C=O) groups is 1. The first-order valence-electron chi connectivity index (χ1n) is 9.20. The Bertz CT molecular complexity index is 1330. The summed E-state index contributed by atoms with van der Waals surface area (Å²) in [6.45, 7) is 0.328. The highest BCUT2D eigenvalue weighted by Crippen LogP contribution is 2.25. The molecule has 0 unspecified atom stereocenters. The zero-order valence-corrected chi connectivity index (χ0v) is 15.4. The Morgan fingerprint density at radius 3 is 2.66 bits per heavy atom. The molecule has 0 atom stereocenters. The van der Waals surface area contributed by atoms with E-state index in [0.717, 1.165) is 33.1 Å². The monoisotopic (exact) mass is 380 g/mol. The molecular formula is C23H16N4O2. The van der Waals surface area contributed by atoms with Crippen LogP contribution in [-0.2, 0) is 6.54 Å². The molecule has 6 nitrogen and oxygen atoms in total. The van der Waals surface area contributed by atoms with E-state index in [-0.39, 0.29) is 11.6 Å². The highest BCUT2D eigenvalue weighted by atomic mass is 16.3. The minimum atomic E-state index is -0.310. The molecular weight excluding hydrogens is 364 g/mol. The third-order valence-electron chi connectivity index (χ3n) is 4.66. The van der Waals surface area contributed by atoms with E-state index < -0.39 is 0 Å². The standard InChI is InChI=1S/C23H16N4O2/c28-22(25-13-18-6-3-4-10-24-18)21-14-29-23(27-21)17-9-8-16-11-15-5-1-2-7-19(15)26-20(16)12-17/h1-12,14H,13H2,(H,25,28). The summed E-state index contributed by atoms with van der Waals surface area (Å²) >= 11 is 0. The van der Waals surface area contributed by atoms with Gasteiger partial charge in [-0.25, -0.2) is 9.97 Å². The van der Waals surface area contributed by atoms with E-state index in [9.17, 15) is 4.79 Å². The normalized spacial score (nSPS) is 11.0. The fourth-order valence-corrected chi connectivity index (χ4v) is 3.18. The van der Waals surface area contributed by atoms with Gasteiger partial charge in [0, 0.05) is 22.5 Å². The number of para-hydroxylation sites is 1. The molecule has 6 heteroatoms. The maximum Gasteiger partial charge on any atom is 0.273 e. The Kier molecular flexibility index (Phi) is 4.22. The first-order valence-corrected chi connectivity index (χ1v) is 9.20. The SMILES string of the molecule is O=C(NCc1ccccn1)c1coc(-c2ccc3cc4ccccc4nc3c2)n1. The molecule has 0 bridgehead atoms. The average molecular weight is 380 g/mol. The number of carbonyl (C=O) groups excluding carboxylic acids is 1. The van der Waals surface area contributed by atoms with Gasteiger partial charge in [-0.2, -0.15) is 0 Å². The van der Waals surface area contributed by atoms with Gasteiger partial charge in [-0.3, -0.25) is 9.78 Å². The van der Waals surface area contributed by atoms with Gasteiger partial charge in [0.05, 0.1) is 23.3 Å². The van der Waals surface area contributed by atoms with E-state index in [4.69, 9.17) is 9.40 Å². The molecule has 0 saturated heterocycles. The number of fused-ring (bicyclic) bond motifs is 2. The lowest BCUT2D eigenvalue weighted by Crippen LogP contribution is -2.23. The second kappa shape index (κ2) is 7.16. The molecule has 0 spiro atoms. The average Bonchev–Trinajstić information content (AvgIpc) is 3.27. The summed E-state index contributed by atoms with van der Waals surface area (Å²) in [6.07, 6.45) is 3.05. The van der Waals surface area contributed by atoms with Crippen LogP contribution in [0.15, 0.2) is 83.6 Å². The summed E-state index contributed by atoms with van der Waals surface area (Å²) in [5.74, 6) is 0.0698. The van der Waals surface area contributed by atoms with Crippen LogP contribution in [0.3, 0.4) is 0 Å². The molecule has 5 aromatic rings. The summed E-state index contributed by atoms with van der Waals surface area (Å²) in [6, 6.07) is 21.5. The van der Waals surface area contributed by atoms with Crippen molar-refractivity contribution in [2.75, 3.05) is 0 Å². The van der Waals surface area contributed by atoms with Crippen LogP contribution in [0.4, 0.5) is 0 Å². The van der Waals surface area contributed by atoms with Gasteiger partial charge in [-0.1, -0.05) is 30.3 Å². The fraction of sp³-hybridized carbons (Fsp3) is 0.0435. The van der Waals surface area contributed by atoms with Crippen molar-refractivity contribution in [3.8, 4) is 11.5 Å². The molecule has 140 valence electrons. The van der Waals surface area contributed by atoms with Crippen molar-refractivity contribution in [2.45, 2.75) is 6.54 Å². The fourth-order valence-electron chi connectivity index (χ4n) is 3.18. The van der Waals surface area contributed by atoms with E-state index in [1.54, 1.807) is 6.20 Å². The van der Waals surface area contributed by atoms with Crippen molar-refractivity contribution in [1.29, 1.82) is 0 Å². The summed E-state index contributed by atoms with van der Waals surface area (Å²) < 4.78 is 5.54. The minimum Gasteiger partial charge on any atom is -0.444 e. The number of pyridine rings is 2. The number of hydrogen-bond donors (Lipinski definition) is 1. The molecule has 0 radical (unpaired) electrons. The molecule has 0 aliphatic rings. The Hall–Kier alpha value is -4.06. The molecule has 29 heavy (non-hydrogen) atoms. The van der Waals surface area contributed by atoms with Crippen LogP contribution in [0.25, 0.3) is 33.3 Å². The number of hydrogen-bond acceptors (Lipinski definition) is 5. The van der Waals surface area contributed by atoms with E-state index in [1.807, 2.05) is 60.7 Å². The number of rotatable bonds is 4. The second-order valence-electron chi connectivity index (χ2n) is 6.63. The molecule has 3 heterocycles. The van der Waals surface area contributed by atoms with E-state index >= 15 is 0 Å². The highest BCUT2D eigenvalue weighted by molar-refractivity contribution is 5.95. The van der Waals surface area contributed by atoms with Crippen molar-refractivity contribution >= 4 is 27.7 Å². The smallest absolute Gasteiger partial charge is 0.273 e. The molecule has 0 aliphatic carbocycles. The van der Waals surface area contributed by atoms with Crippen molar-refractivity contribution in [3.63, 3.8) is 0 Å². The highest BCUT2D eigenvalue weighted by Gasteiger charge is 2.14. The lowest BCUT2D eigenvalue weighted by molar-refractivity contribution is 0.0945. The van der Waals surface area contributed by atoms with Crippen LogP contribution in [0.5, 0.6) is 0 Å². The number of oxazole rings is 1. The van der Waals surface area contributed by atoms with Gasteiger partial charge in [-0.15, -0.1) is 0 Å². The molecule has 0 saturated carbocycles. The van der Waals surface area contributed by atoms with E-state index in [0.29, 0.717) is 12.4 Å². The van der Waals surface area contributed by atoms with Crippen LogP contribution in [-0.4, -0.2) is 20.9 Å². The number of aromatic nitrogens is 3. The molecule has 5 rings (SSSR count). The first kappa shape index (κ1) is 17.1. The summed E-state index contributed by atoms with van der Waals surface area (Å²) in [5, 5.41) is 4.92. The van der Waals surface area contributed by atoms with Gasteiger partial charge in [-0.05, 0) is 36.4 Å². The molecule has 1 amide bonds. The topological polar surface area (TPSA) is 80.9 Å². The molecule has 0 aliphatic heterocycles. The molecule has 3 aromatic heterocycles. The zero-order chi connectivity index (χ0) is 19.6. The first-order chi connectivity index (χ1) is 14.3. The quantitative estimate of drug-likeness (QED) is 0.468. The van der Waals surface area contributed by atoms with E-state index in [2.05, 4.69) is 21.4 Å². The van der Waals surface area contributed by atoms with Gasteiger partial charge in [0.25, 0.3) is 5.91 Å². The Morgan fingerprint density at radius 1 is 0.897 bits per heavy atom. The summed E-state index contributed by atoms with van der Waals surface area (Å²) in [5.41, 5.74) is 3.55. The lowest BCUT2D eigenvalue weighted by atomic mass is 10.1. The van der Waals surface area contributed by atoms with Gasteiger partial charge >= 0.3 is 0 Å². The number of nitrogens with zero attached hydrogens (tertiary/aromatic N) is 3. The maximum atomic E-state index is 12.3. The van der Waals surface area contributed by atoms with Crippen molar-refractivity contribution in [3.05, 3.63) is 90.6 Å². The molecule has 1 N–H and O–H groups in total. The predicted molar refractivity (Wildman–Crippen MR) is 110 cm³/mol. The van der Waals surface area contributed by atoms with Crippen LogP contribution in [0.1, 0.15) is 16.2 Å². The predicted octanol–water partition coefficient (Wildman–Crippen LogP) is 4.37. The van der Waals surface area contributed by atoms with Crippen LogP contribution in [0.2, 0.25) is 0 Å². The van der Waals surface area contributed by atoms with Gasteiger partial charge < -0.3 is 9.73 Å². The minimum absolute atomic E-state index is 0.225. The van der Waals surface area contributed by atoms with Crippen molar-refractivity contribution in [1.82, 2.24) is 20.3 Å². The van der Waals surface area contributed by atoms with Crippen molar-refractivity contribution in [2.24, 2.45) is 0 Å². The Morgan fingerprint density at radius 2 is 1.76 bits per heavy atom. The Labute approximate surface area is 166 Å². The number of benzene rings is 2. The van der Waals surface area contributed by atoms with Crippen LogP contribution >= 0.6 is 0 Å². The third-order valence-corrected chi connectivity index (χ3v) is 4.66. The van der Waals surface area contributed by atoms with Gasteiger partial charge in [0.1, 0.15) is 6.26 Å². The largest absolute Gasteiger partial charge is 0.444 e. The number of nitrogens with one attached hydrogen (secondary N) is 1. The second-order valence-corrected chi connectivity index (χ2v) is 6.63. The summed E-state index contributed by atoms with van der Waals surface area (Å²) in [7, 11) is 0.